The van der Waals surface area contributed by atoms with Crippen LogP contribution in [0.4, 0.5) is 0 Å². The van der Waals surface area contributed by atoms with E-state index in [0.29, 0.717) is 30.4 Å². The van der Waals surface area contributed by atoms with Crippen LogP contribution in [-0.2, 0) is 6.54 Å². The number of rotatable bonds is 11. The number of carbonyl (C=O) groups is 1. The van der Waals surface area contributed by atoms with E-state index in [1.54, 1.807) is 12.4 Å². The van der Waals surface area contributed by atoms with E-state index in [2.05, 4.69) is 25.8 Å². The minimum absolute atomic E-state index is 0.00173. The standard InChI is InChI=1S/C30H43N7O3/c1-33(2)18-20-40-28-6-4-3-5-25(28)22-37-23-31-26-7-8-27(32-29(26)37)30(39)36-11-9-24(10-12-36)21-35-15-13-34(14-16-35)17-19-38/h3-8,23-24,38H,9-22H2,1-2H3. The lowest BCUT2D eigenvalue weighted by Crippen LogP contribution is -2.49. The summed E-state index contributed by atoms with van der Waals surface area (Å²) in [6, 6.07) is 11.7. The van der Waals surface area contributed by atoms with Crippen LogP contribution in [0.2, 0.25) is 0 Å². The topological polar surface area (TPSA) is 90.2 Å². The average molecular weight is 550 g/mol. The Balaban J connectivity index is 1.18. The van der Waals surface area contributed by atoms with Gasteiger partial charge in [0.2, 0.25) is 0 Å². The van der Waals surface area contributed by atoms with Gasteiger partial charge in [-0.15, -0.1) is 0 Å². The molecule has 0 bridgehead atoms. The third-order valence-corrected chi connectivity index (χ3v) is 8.09. The van der Waals surface area contributed by atoms with Crippen LogP contribution in [0.25, 0.3) is 11.2 Å². The van der Waals surface area contributed by atoms with Gasteiger partial charge in [-0.25, -0.2) is 9.97 Å². The highest BCUT2D eigenvalue weighted by Gasteiger charge is 2.27. The number of piperazine rings is 1. The maximum Gasteiger partial charge on any atom is 0.272 e. The van der Waals surface area contributed by atoms with E-state index >= 15 is 0 Å². The number of amides is 1. The number of hydrogen-bond acceptors (Lipinski definition) is 8. The number of piperidine rings is 1. The number of β-amino-alcohol motifs (C(OH)–C–C–N with tert-alkyl or cyclic N) is 1. The number of carbonyl (C=O) groups excluding carboxylic acids is 1. The lowest BCUT2D eigenvalue weighted by molar-refractivity contribution is 0.0616. The number of ether oxygens (including phenoxy) is 1. The number of benzene rings is 1. The normalized spacial score (nSPS) is 17.6. The molecule has 0 spiro atoms. The summed E-state index contributed by atoms with van der Waals surface area (Å²) in [5.74, 6) is 1.47. The third kappa shape index (κ3) is 7.17. The quantitative estimate of drug-likeness (QED) is 0.388. The number of hydrogen-bond donors (Lipinski definition) is 1. The van der Waals surface area contributed by atoms with Crippen molar-refractivity contribution in [1.29, 1.82) is 0 Å². The van der Waals surface area contributed by atoms with E-state index < -0.39 is 0 Å². The molecule has 2 saturated heterocycles. The molecule has 2 fully saturated rings. The van der Waals surface area contributed by atoms with Gasteiger partial charge in [0, 0.05) is 64.5 Å². The second kappa shape index (κ2) is 13.5. The number of aliphatic hydroxyl groups excluding tert-OH is 1. The van der Waals surface area contributed by atoms with Gasteiger partial charge in [-0.2, -0.15) is 0 Å². The van der Waals surface area contributed by atoms with E-state index in [1.807, 2.05) is 47.8 Å². The van der Waals surface area contributed by atoms with Crippen LogP contribution in [0.5, 0.6) is 5.75 Å². The van der Waals surface area contributed by atoms with E-state index in [1.165, 1.54) is 0 Å². The summed E-state index contributed by atoms with van der Waals surface area (Å²) >= 11 is 0. The van der Waals surface area contributed by atoms with Crippen molar-refractivity contribution in [1.82, 2.24) is 34.1 Å². The third-order valence-electron chi connectivity index (χ3n) is 8.09. The maximum atomic E-state index is 13.4. The van der Waals surface area contributed by atoms with Crippen molar-refractivity contribution in [2.24, 2.45) is 5.92 Å². The summed E-state index contributed by atoms with van der Waals surface area (Å²) in [4.78, 5) is 31.7. The number of aromatic nitrogens is 3. The number of aliphatic hydroxyl groups is 1. The molecular formula is C30H43N7O3. The molecular weight excluding hydrogens is 506 g/mol. The molecule has 0 radical (unpaired) electrons. The molecule has 10 nitrogen and oxygen atoms in total. The minimum atomic E-state index is -0.00173. The lowest BCUT2D eigenvalue weighted by Gasteiger charge is -2.38. The second-order valence-corrected chi connectivity index (χ2v) is 11.3. The first-order valence-electron chi connectivity index (χ1n) is 14.5. The Morgan fingerprint density at radius 3 is 2.52 bits per heavy atom. The van der Waals surface area contributed by atoms with Crippen LogP contribution in [0.15, 0.2) is 42.7 Å². The zero-order valence-electron chi connectivity index (χ0n) is 23.9. The van der Waals surface area contributed by atoms with Crippen LogP contribution in [0, 0.1) is 5.92 Å². The Hall–Kier alpha value is -3.05. The summed E-state index contributed by atoms with van der Waals surface area (Å²) in [6.07, 6.45) is 3.83. The van der Waals surface area contributed by atoms with Gasteiger partial charge in [-0.3, -0.25) is 9.69 Å². The monoisotopic (exact) mass is 549 g/mol. The van der Waals surface area contributed by atoms with Crippen molar-refractivity contribution in [3.8, 4) is 5.75 Å². The summed E-state index contributed by atoms with van der Waals surface area (Å²) in [6.45, 7) is 9.83. The van der Waals surface area contributed by atoms with Gasteiger partial charge < -0.3 is 29.1 Å². The first-order valence-corrected chi connectivity index (χ1v) is 14.5. The molecule has 0 saturated carbocycles. The Labute approximate surface area is 237 Å². The molecule has 0 unspecified atom stereocenters. The smallest absolute Gasteiger partial charge is 0.272 e. The zero-order chi connectivity index (χ0) is 27.9. The van der Waals surface area contributed by atoms with E-state index in [9.17, 15) is 4.79 Å². The maximum absolute atomic E-state index is 13.4. The van der Waals surface area contributed by atoms with Crippen molar-refractivity contribution < 1.29 is 14.6 Å². The number of imidazole rings is 1. The zero-order valence-corrected chi connectivity index (χ0v) is 23.9. The predicted octanol–water partition coefficient (Wildman–Crippen LogP) is 1.88. The fourth-order valence-corrected chi connectivity index (χ4v) is 5.65. The van der Waals surface area contributed by atoms with Crippen molar-refractivity contribution in [2.75, 3.05) is 86.2 Å². The Kier molecular flexibility index (Phi) is 9.64. The molecule has 40 heavy (non-hydrogen) atoms. The average Bonchev–Trinajstić information content (AvgIpc) is 3.37. The summed E-state index contributed by atoms with van der Waals surface area (Å²) in [5, 5.41) is 9.16. The highest BCUT2D eigenvalue weighted by Crippen LogP contribution is 2.23. The summed E-state index contributed by atoms with van der Waals surface area (Å²) in [7, 11) is 4.06. The molecule has 10 heteroatoms. The number of fused-ring (bicyclic) bond motifs is 1. The van der Waals surface area contributed by atoms with Gasteiger partial charge >= 0.3 is 0 Å². The van der Waals surface area contributed by atoms with Crippen molar-refractivity contribution in [2.45, 2.75) is 19.4 Å². The largest absolute Gasteiger partial charge is 0.492 e. The molecule has 2 aliphatic heterocycles. The molecule has 1 N–H and O–H groups in total. The van der Waals surface area contributed by atoms with Gasteiger partial charge in [-0.05, 0) is 51.1 Å². The molecule has 3 aromatic rings. The number of likely N-dealkylation sites (N-methyl/N-ethyl adjacent to an activating group) is 1. The van der Waals surface area contributed by atoms with Crippen molar-refractivity contribution >= 4 is 17.1 Å². The number of para-hydroxylation sites is 1. The van der Waals surface area contributed by atoms with Crippen molar-refractivity contribution in [3.63, 3.8) is 0 Å². The van der Waals surface area contributed by atoms with Crippen LogP contribution in [0.3, 0.4) is 0 Å². The van der Waals surface area contributed by atoms with Gasteiger partial charge in [0.25, 0.3) is 5.91 Å². The number of likely N-dealkylation sites (tertiary alicyclic amines) is 1. The highest BCUT2D eigenvalue weighted by molar-refractivity contribution is 5.94. The van der Waals surface area contributed by atoms with E-state index in [0.717, 1.165) is 88.6 Å². The molecule has 0 atom stereocenters. The minimum Gasteiger partial charge on any atom is -0.492 e. The van der Waals surface area contributed by atoms with Gasteiger partial charge in [0.05, 0.1) is 19.5 Å². The van der Waals surface area contributed by atoms with Gasteiger partial charge in [-0.1, -0.05) is 18.2 Å². The molecule has 2 aliphatic rings. The molecule has 4 heterocycles. The fourth-order valence-electron chi connectivity index (χ4n) is 5.65. The SMILES string of the molecule is CN(C)CCOc1ccccc1Cn1cnc2ccc(C(=O)N3CCC(CN4CCN(CCO)CC4)CC3)nc21. The predicted molar refractivity (Wildman–Crippen MR) is 156 cm³/mol. The number of nitrogens with zero attached hydrogens (tertiary/aromatic N) is 7. The molecule has 216 valence electrons. The first-order chi connectivity index (χ1) is 19.5. The Morgan fingerprint density at radius 2 is 1.77 bits per heavy atom. The summed E-state index contributed by atoms with van der Waals surface area (Å²) < 4.78 is 8.04. The number of pyridine rings is 1. The molecule has 5 rings (SSSR count). The first kappa shape index (κ1) is 28.5. The van der Waals surface area contributed by atoms with Gasteiger partial charge in [0.15, 0.2) is 5.65 Å². The van der Waals surface area contributed by atoms with Crippen molar-refractivity contribution in [3.05, 3.63) is 54.0 Å². The van der Waals surface area contributed by atoms with E-state index in [-0.39, 0.29) is 12.5 Å². The van der Waals surface area contributed by atoms with Crippen LogP contribution >= 0.6 is 0 Å². The Bertz CT molecular complexity index is 1250. The van der Waals surface area contributed by atoms with Gasteiger partial charge in [0.1, 0.15) is 23.6 Å². The van der Waals surface area contributed by atoms with Crippen LogP contribution in [0.1, 0.15) is 28.9 Å². The lowest BCUT2D eigenvalue weighted by atomic mass is 9.95. The van der Waals surface area contributed by atoms with Crippen LogP contribution < -0.4 is 4.74 Å². The summed E-state index contributed by atoms with van der Waals surface area (Å²) in [5.41, 5.74) is 3.02. The highest BCUT2D eigenvalue weighted by atomic mass is 16.5. The second-order valence-electron chi connectivity index (χ2n) is 11.3. The molecule has 2 aromatic heterocycles. The Morgan fingerprint density at radius 1 is 1.02 bits per heavy atom. The molecule has 0 aliphatic carbocycles. The fraction of sp³-hybridized carbons (Fsp3) is 0.567. The van der Waals surface area contributed by atoms with Crippen LogP contribution in [-0.4, -0.2) is 131 Å². The molecule has 1 aromatic carbocycles. The molecule has 1 amide bonds. The van der Waals surface area contributed by atoms with E-state index in [4.69, 9.17) is 14.8 Å².